The first kappa shape index (κ1) is 14.3. The lowest BCUT2D eigenvalue weighted by Gasteiger charge is -2.13. The number of ether oxygens (including phenoxy) is 2. The molecule has 1 aromatic heterocycles. The van der Waals surface area contributed by atoms with Crippen LogP contribution in [0.25, 0.3) is 16.9 Å². The molecule has 3 nitrogen and oxygen atoms in total. The van der Waals surface area contributed by atoms with Crippen LogP contribution in [-0.4, -0.2) is 18.8 Å². The summed E-state index contributed by atoms with van der Waals surface area (Å²) in [7, 11) is 3.37. The molecular formula is C19H19NO2. The molecule has 0 bridgehead atoms. The number of aromatic nitrogens is 1. The van der Waals surface area contributed by atoms with Gasteiger partial charge in [-0.3, -0.25) is 0 Å². The van der Waals surface area contributed by atoms with Crippen LogP contribution in [0.15, 0.2) is 60.7 Å². The zero-order valence-electron chi connectivity index (χ0n) is 13.0. The molecule has 0 N–H and O–H groups in total. The van der Waals surface area contributed by atoms with Gasteiger partial charge in [-0.2, -0.15) is 0 Å². The highest BCUT2D eigenvalue weighted by Gasteiger charge is 2.10. The molecule has 0 saturated carbocycles. The Morgan fingerprint density at radius 2 is 1.50 bits per heavy atom. The molecular weight excluding hydrogens is 274 g/mol. The summed E-state index contributed by atoms with van der Waals surface area (Å²) in [5.41, 5.74) is 4.57. The lowest BCUT2D eigenvalue weighted by Crippen LogP contribution is -1.99. The maximum Gasteiger partial charge on any atom is 0.120 e. The van der Waals surface area contributed by atoms with Crippen LogP contribution in [0.3, 0.4) is 0 Å². The van der Waals surface area contributed by atoms with Crippen molar-refractivity contribution in [2.45, 2.75) is 6.92 Å². The third-order valence-corrected chi connectivity index (χ3v) is 3.77. The zero-order chi connectivity index (χ0) is 15.5. The van der Waals surface area contributed by atoms with E-state index < -0.39 is 0 Å². The van der Waals surface area contributed by atoms with Crippen molar-refractivity contribution < 1.29 is 9.47 Å². The van der Waals surface area contributed by atoms with Gasteiger partial charge in [0.1, 0.15) is 11.5 Å². The minimum Gasteiger partial charge on any atom is -0.497 e. The fourth-order valence-corrected chi connectivity index (χ4v) is 2.62. The lowest BCUT2D eigenvalue weighted by atomic mass is 10.1. The van der Waals surface area contributed by atoms with E-state index >= 15 is 0 Å². The molecule has 22 heavy (non-hydrogen) atoms. The summed E-state index contributed by atoms with van der Waals surface area (Å²) in [6, 6.07) is 20.5. The predicted molar refractivity (Wildman–Crippen MR) is 89.0 cm³/mol. The van der Waals surface area contributed by atoms with Gasteiger partial charge in [-0.25, -0.2) is 0 Å². The van der Waals surface area contributed by atoms with Crippen LogP contribution in [-0.2, 0) is 0 Å². The number of rotatable bonds is 4. The summed E-state index contributed by atoms with van der Waals surface area (Å²) in [6.45, 7) is 2.10. The summed E-state index contributed by atoms with van der Waals surface area (Å²) in [5, 5.41) is 0. The minimum atomic E-state index is 0.853. The molecule has 3 rings (SSSR count). The van der Waals surface area contributed by atoms with Crippen molar-refractivity contribution in [3.8, 4) is 28.4 Å². The number of aryl methyl sites for hydroxylation is 1. The first-order valence-electron chi connectivity index (χ1n) is 7.20. The summed E-state index contributed by atoms with van der Waals surface area (Å²) in [6.07, 6.45) is 0. The Morgan fingerprint density at radius 1 is 0.773 bits per heavy atom. The van der Waals surface area contributed by atoms with E-state index in [4.69, 9.17) is 9.47 Å². The van der Waals surface area contributed by atoms with E-state index in [0.717, 1.165) is 28.4 Å². The number of methoxy groups -OCH3 is 2. The minimum absolute atomic E-state index is 0.853. The van der Waals surface area contributed by atoms with Crippen molar-refractivity contribution in [3.05, 3.63) is 66.4 Å². The molecule has 0 radical (unpaired) electrons. The van der Waals surface area contributed by atoms with Gasteiger partial charge < -0.3 is 14.0 Å². The second-order valence-corrected chi connectivity index (χ2v) is 5.13. The first-order chi connectivity index (χ1) is 10.7. The van der Waals surface area contributed by atoms with Crippen LogP contribution in [0.4, 0.5) is 0 Å². The molecule has 0 spiro atoms. The van der Waals surface area contributed by atoms with Gasteiger partial charge in [0, 0.05) is 17.4 Å². The monoisotopic (exact) mass is 293 g/mol. The number of benzene rings is 2. The molecule has 3 aromatic rings. The standard InChI is InChI=1S/C19H19NO2/c1-14-7-12-19(15-8-10-17(21-2)11-9-15)20(14)16-5-4-6-18(13-16)22-3/h4-13H,1-3H3. The molecule has 1 heterocycles. The van der Waals surface area contributed by atoms with Gasteiger partial charge in [0.05, 0.1) is 19.9 Å². The molecule has 0 fully saturated rings. The third kappa shape index (κ3) is 2.58. The molecule has 0 aliphatic heterocycles. The van der Waals surface area contributed by atoms with Gasteiger partial charge in [-0.05, 0) is 61.0 Å². The van der Waals surface area contributed by atoms with E-state index in [0.29, 0.717) is 0 Å². The van der Waals surface area contributed by atoms with Crippen LogP contribution < -0.4 is 9.47 Å². The quantitative estimate of drug-likeness (QED) is 0.708. The molecule has 0 aliphatic carbocycles. The maximum atomic E-state index is 5.34. The molecule has 0 amide bonds. The van der Waals surface area contributed by atoms with Crippen LogP contribution in [0.1, 0.15) is 5.69 Å². The first-order valence-corrected chi connectivity index (χ1v) is 7.20. The van der Waals surface area contributed by atoms with E-state index in [1.165, 1.54) is 5.69 Å². The normalized spacial score (nSPS) is 10.5. The number of nitrogens with zero attached hydrogens (tertiary/aromatic N) is 1. The smallest absolute Gasteiger partial charge is 0.120 e. The van der Waals surface area contributed by atoms with Crippen LogP contribution in [0, 0.1) is 6.92 Å². The molecule has 112 valence electrons. The Bertz CT molecular complexity index is 772. The third-order valence-electron chi connectivity index (χ3n) is 3.77. The molecule has 0 aliphatic rings. The Labute approximate surface area is 130 Å². The summed E-state index contributed by atoms with van der Waals surface area (Å²) in [4.78, 5) is 0. The molecule has 0 atom stereocenters. The topological polar surface area (TPSA) is 23.4 Å². The Hall–Kier alpha value is -2.68. The van der Waals surface area contributed by atoms with Gasteiger partial charge in [-0.1, -0.05) is 6.07 Å². The van der Waals surface area contributed by atoms with Crippen LogP contribution in [0.2, 0.25) is 0 Å². The van der Waals surface area contributed by atoms with E-state index in [9.17, 15) is 0 Å². The van der Waals surface area contributed by atoms with E-state index in [2.05, 4.69) is 41.8 Å². The van der Waals surface area contributed by atoms with Crippen molar-refractivity contribution >= 4 is 0 Å². The highest BCUT2D eigenvalue weighted by molar-refractivity contribution is 5.65. The van der Waals surface area contributed by atoms with Crippen molar-refractivity contribution in [1.82, 2.24) is 4.57 Å². The fraction of sp³-hybridized carbons (Fsp3) is 0.158. The Kier molecular flexibility index (Phi) is 3.88. The molecule has 2 aromatic carbocycles. The lowest BCUT2D eigenvalue weighted by molar-refractivity contribution is 0.414. The highest BCUT2D eigenvalue weighted by atomic mass is 16.5. The SMILES string of the molecule is COc1ccc(-c2ccc(C)n2-c2cccc(OC)c2)cc1. The van der Waals surface area contributed by atoms with Crippen molar-refractivity contribution in [2.24, 2.45) is 0 Å². The molecule has 0 saturated heterocycles. The van der Waals surface area contributed by atoms with Gasteiger partial charge >= 0.3 is 0 Å². The van der Waals surface area contributed by atoms with Crippen LogP contribution >= 0.6 is 0 Å². The summed E-state index contributed by atoms with van der Waals surface area (Å²) < 4.78 is 12.8. The van der Waals surface area contributed by atoms with Crippen molar-refractivity contribution in [3.63, 3.8) is 0 Å². The van der Waals surface area contributed by atoms with Gasteiger partial charge in [0.25, 0.3) is 0 Å². The van der Waals surface area contributed by atoms with E-state index in [1.807, 2.05) is 30.3 Å². The molecule has 3 heteroatoms. The second kappa shape index (κ2) is 5.98. The van der Waals surface area contributed by atoms with Gasteiger partial charge in [0.2, 0.25) is 0 Å². The zero-order valence-corrected chi connectivity index (χ0v) is 13.0. The number of hydrogen-bond acceptors (Lipinski definition) is 2. The molecule has 0 unspecified atom stereocenters. The largest absolute Gasteiger partial charge is 0.497 e. The summed E-state index contributed by atoms with van der Waals surface area (Å²) >= 11 is 0. The van der Waals surface area contributed by atoms with Gasteiger partial charge in [0.15, 0.2) is 0 Å². The van der Waals surface area contributed by atoms with Gasteiger partial charge in [-0.15, -0.1) is 0 Å². The fourth-order valence-electron chi connectivity index (χ4n) is 2.62. The van der Waals surface area contributed by atoms with E-state index in [-0.39, 0.29) is 0 Å². The Morgan fingerprint density at radius 3 is 2.18 bits per heavy atom. The average Bonchev–Trinajstić information content (AvgIpc) is 2.96. The average molecular weight is 293 g/mol. The Balaban J connectivity index is 2.10. The second-order valence-electron chi connectivity index (χ2n) is 5.13. The summed E-state index contributed by atoms with van der Waals surface area (Å²) in [5.74, 6) is 1.71. The van der Waals surface area contributed by atoms with Crippen molar-refractivity contribution in [1.29, 1.82) is 0 Å². The predicted octanol–water partition coefficient (Wildman–Crippen LogP) is 4.47. The van der Waals surface area contributed by atoms with E-state index in [1.54, 1.807) is 14.2 Å². The van der Waals surface area contributed by atoms with Crippen molar-refractivity contribution in [2.75, 3.05) is 14.2 Å². The maximum absolute atomic E-state index is 5.34. The number of hydrogen-bond donors (Lipinski definition) is 0. The highest BCUT2D eigenvalue weighted by Crippen LogP contribution is 2.29. The van der Waals surface area contributed by atoms with Crippen LogP contribution in [0.5, 0.6) is 11.5 Å².